The van der Waals surface area contributed by atoms with E-state index in [1.165, 1.54) is 18.6 Å². The van der Waals surface area contributed by atoms with Crippen molar-refractivity contribution in [3.8, 4) is 5.75 Å². The predicted octanol–water partition coefficient (Wildman–Crippen LogP) is 6.11. The van der Waals surface area contributed by atoms with Crippen LogP contribution in [0.25, 0.3) is 0 Å². The summed E-state index contributed by atoms with van der Waals surface area (Å²) >= 11 is 0. The van der Waals surface area contributed by atoms with Gasteiger partial charge in [0.1, 0.15) is 11.5 Å². The lowest BCUT2D eigenvalue weighted by molar-refractivity contribution is -0.155. The van der Waals surface area contributed by atoms with Crippen LogP contribution in [0.3, 0.4) is 0 Å². The van der Waals surface area contributed by atoms with E-state index in [0.29, 0.717) is 30.0 Å². The molecule has 7 atom stereocenters. The standard InChI is InChI=1S/C27H38O4/c1-16-10-12-26(4)22-9-7-20(17(2)28)25(22,3)13-11-23(26)27(16,5)15-19-14-18(24(30)31)6-8-21(19)29/h6,8,14,16,20,22-23,29H,7,9-13,15H2,1-5H3,(H,30,31)/t16-,20-,22-,23+,25-,26+,27+/m0/s1. The first kappa shape index (κ1) is 22.4. The number of carbonyl (C=O) groups is 2. The molecule has 0 saturated heterocycles. The number of fused-ring (bicyclic) bond motifs is 3. The molecule has 0 aliphatic heterocycles. The van der Waals surface area contributed by atoms with E-state index in [2.05, 4.69) is 27.7 Å². The van der Waals surface area contributed by atoms with E-state index in [-0.39, 0.29) is 33.5 Å². The number of hydrogen-bond acceptors (Lipinski definition) is 3. The van der Waals surface area contributed by atoms with Crippen LogP contribution in [0.1, 0.15) is 89.1 Å². The Morgan fingerprint density at radius 2 is 1.68 bits per heavy atom. The van der Waals surface area contributed by atoms with Gasteiger partial charge in [0.25, 0.3) is 0 Å². The van der Waals surface area contributed by atoms with E-state index in [1.807, 2.05) is 0 Å². The number of benzene rings is 1. The van der Waals surface area contributed by atoms with Crippen molar-refractivity contribution >= 4 is 11.8 Å². The molecule has 4 nitrogen and oxygen atoms in total. The van der Waals surface area contributed by atoms with E-state index in [0.717, 1.165) is 37.7 Å². The molecule has 0 radical (unpaired) electrons. The van der Waals surface area contributed by atoms with Crippen LogP contribution >= 0.6 is 0 Å². The highest BCUT2D eigenvalue weighted by molar-refractivity contribution is 5.88. The maximum atomic E-state index is 12.4. The molecule has 0 heterocycles. The Bertz CT molecular complexity index is 906. The van der Waals surface area contributed by atoms with Crippen LogP contribution in [-0.4, -0.2) is 22.0 Å². The molecule has 1 aromatic carbocycles. The molecule has 0 bridgehead atoms. The maximum Gasteiger partial charge on any atom is 0.335 e. The lowest BCUT2D eigenvalue weighted by Gasteiger charge is -2.64. The molecule has 3 aliphatic carbocycles. The second kappa shape index (κ2) is 7.35. The third-order valence-electron chi connectivity index (χ3n) is 10.3. The second-order valence-electron chi connectivity index (χ2n) is 11.7. The van der Waals surface area contributed by atoms with E-state index in [9.17, 15) is 19.8 Å². The summed E-state index contributed by atoms with van der Waals surface area (Å²) in [4.78, 5) is 24.0. The summed E-state index contributed by atoms with van der Waals surface area (Å²) in [6.45, 7) is 11.3. The Morgan fingerprint density at radius 1 is 1.00 bits per heavy atom. The van der Waals surface area contributed by atoms with Gasteiger partial charge in [-0.1, -0.05) is 27.7 Å². The van der Waals surface area contributed by atoms with Gasteiger partial charge in [0.15, 0.2) is 0 Å². The summed E-state index contributed by atoms with van der Waals surface area (Å²) in [7, 11) is 0. The van der Waals surface area contributed by atoms with Gasteiger partial charge in [0.05, 0.1) is 5.56 Å². The minimum atomic E-state index is -0.956. The molecule has 3 fully saturated rings. The molecule has 1 aromatic rings. The lowest BCUT2D eigenvalue weighted by Crippen LogP contribution is -2.58. The summed E-state index contributed by atoms with van der Waals surface area (Å²) in [5.41, 5.74) is 1.25. The summed E-state index contributed by atoms with van der Waals surface area (Å²) in [5, 5.41) is 20.0. The van der Waals surface area contributed by atoms with Gasteiger partial charge in [-0.25, -0.2) is 4.79 Å². The molecular weight excluding hydrogens is 388 g/mol. The van der Waals surface area contributed by atoms with Crippen molar-refractivity contribution in [2.75, 3.05) is 0 Å². The van der Waals surface area contributed by atoms with Gasteiger partial charge in [-0.2, -0.15) is 0 Å². The van der Waals surface area contributed by atoms with Crippen LogP contribution in [0.4, 0.5) is 0 Å². The molecule has 3 aliphatic rings. The Balaban J connectivity index is 1.71. The average Bonchev–Trinajstić information content (AvgIpc) is 3.05. The van der Waals surface area contributed by atoms with E-state index in [1.54, 1.807) is 13.0 Å². The summed E-state index contributed by atoms with van der Waals surface area (Å²) < 4.78 is 0. The predicted molar refractivity (Wildman–Crippen MR) is 121 cm³/mol. The Labute approximate surface area is 186 Å². The van der Waals surface area contributed by atoms with E-state index in [4.69, 9.17) is 0 Å². The van der Waals surface area contributed by atoms with Crippen molar-refractivity contribution in [2.24, 2.45) is 39.9 Å². The van der Waals surface area contributed by atoms with Crippen LogP contribution in [0, 0.1) is 39.9 Å². The summed E-state index contributed by atoms with van der Waals surface area (Å²) in [5.74, 6) is 1.34. The van der Waals surface area contributed by atoms with Crippen LogP contribution in [0.15, 0.2) is 18.2 Å². The monoisotopic (exact) mass is 426 g/mol. The molecular formula is C27H38O4. The smallest absolute Gasteiger partial charge is 0.335 e. The quantitative estimate of drug-likeness (QED) is 0.609. The summed E-state index contributed by atoms with van der Waals surface area (Å²) in [6, 6.07) is 4.67. The number of aromatic carboxylic acids is 1. The van der Waals surface area contributed by atoms with Gasteiger partial charge >= 0.3 is 5.97 Å². The first-order chi connectivity index (χ1) is 14.4. The highest BCUT2D eigenvalue weighted by Crippen LogP contribution is 2.71. The normalized spacial score (nSPS) is 42.0. The highest BCUT2D eigenvalue weighted by Gasteiger charge is 2.64. The largest absolute Gasteiger partial charge is 0.508 e. The van der Waals surface area contributed by atoms with Crippen molar-refractivity contribution in [1.82, 2.24) is 0 Å². The Hall–Kier alpha value is -1.84. The number of ketones is 1. The molecule has 0 aromatic heterocycles. The van der Waals surface area contributed by atoms with Crippen LogP contribution < -0.4 is 0 Å². The first-order valence-corrected chi connectivity index (χ1v) is 12.0. The number of phenolic OH excluding ortho intramolecular Hbond substituents is 1. The zero-order chi connectivity index (χ0) is 22.8. The first-order valence-electron chi connectivity index (χ1n) is 12.0. The SMILES string of the molecule is CC(=O)[C@@H]1CC[C@@H]2[C@@]3(C)CC[C@H](C)[C@@](C)(Cc4cc(C(=O)O)ccc4O)[C@@H]3CC[C@]21C. The molecule has 4 heteroatoms. The van der Waals surface area contributed by atoms with Gasteiger partial charge in [-0.3, -0.25) is 4.79 Å². The zero-order valence-electron chi connectivity index (χ0n) is 19.7. The number of phenols is 1. The van der Waals surface area contributed by atoms with Gasteiger partial charge in [0.2, 0.25) is 0 Å². The van der Waals surface area contributed by atoms with Gasteiger partial charge in [0, 0.05) is 5.92 Å². The molecule has 0 spiro atoms. The number of carbonyl (C=O) groups excluding carboxylic acids is 1. The molecule has 4 rings (SSSR count). The fourth-order valence-electron chi connectivity index (χ4n) is 8.56. The van der Waals surface area contributed by atoms with Crippen LogP contribution in [0.2, 0.25) is 0 Å². The number of rotatable bonds is 4. The number of carboxylic acids is 1. The van der Waals surface area contributed by atoms with Gasteiger partial charge in [-0.05, 0) is 110 Å². The maximum absolute atomic E-state index is 12.4. The molecule has 2 N–H and O–H groups in total. The van der Waals surface area contributed by atoms with E-state index >= 15 is 0 Å². The number of Topliss-reactive ketones (excluding diaryl/α,β-unsaturated/α-hetero) is 1. The Kier molecular flexibility index (Phi) is 5.30. The minimum Gasteiger partial charge on any atom is -0.508 e. The topological polar surface area (TPSA) is 74.6 Å². The number of aromatic hydroxyl groups is 1. The average molecular weight is 427 g/mol. The van der Waals surface area contributed by atoms with Crippen LogP contribution in [-0.2, 0) is 11.2 Å². The fourth-order valence-corrected chi connectivity index (χ4v) is 8.56. The summed E-state index contributed by atoms with van der Waals surface area (Å²) in [6.07, 6.45) is 7.38. The van der Waals surface area contributed by atoms with Gasteiger partial charge < -0.3 is 10.2 Å². The zero-order valence-corrected chi connectivity index (χ0v) is 19.7. The second-order valence-corrected chi connectivity index (χ2v) is 11.7. The fraction of sp³-hybridized carbons (Fsp3) is 0.704. The number of hydrogen-bond donors (Lipinski definition) is 2. The van der Waals surface area contributed by atoms with Crippen molar-refractivity contribution in [1.29, 1.82) is 0 Å². The van der Waals surface area contributed by atoms with Crippen molar-refractivity contribution < 1.29 is 19.8 Å². The Morgan fingerprint density at radius 3 is 2.32 bits per heavy atom. The van der Waals surface area contributed by atoms with Crippen molar-refractivity contribution in [3.63, 3.8) is 0 Å². The molecule has 0 amide bonds. The molecule has 0 unspecified atom stereocenters. The molecule has 170 valence electrons. The molecule has 31 heavy (non-hydrogen) atoms. The van der Waals surface area contributed by atoms with Crippen LogP contribution in [0.5, 0.6) is 5.75 Å². The van der Waals surface area contributed by atoms with Crippen molar-refractivity contribution in [2.45, 2.75) is 79.6 Å². The number of carboxylic acid groups (broad SMARTS) is 1. The van der Waals surface area contributed by atoms with Crippen molar-refractivity contribution in [3.05, 3.63) is 29.3 Å². The molecule has 3 saturated carbocycles. The lowest BCUT2D eigenvalue weighted by atomic mass is 9.40. The minimum absolute atomic E-state index is 0.0166. The van der Waals surface area contributed by atoms with Gasteiger partial charge in [-0.15, -0.1) is 0 Å². The van der Waals surface area contributed by atoms with E-state index < -0.39 is 5.97 Å². The third kappa shape index (κ3) is 3.24. The highest BCUT2D eigenvalue weighted by atomic mass is 16.4. The third-order valence-corrected chi connectivity index (χ3v) is 10.3.